The van der Waals surface area contributed by atoms with Gasteiger partial charge in [-0.25, -0.2) is 0 Å². The lowest BCUT2D eigenvalue weighted by atomic mass is 9.95. The molecular formula is C23H32N3O+. The summed E-state index contributed by atoms with van der Waals surface area (Å²) in [4.78, 5) is 17.3. The average molecular weight is 367 g/mol. The van der Waals surface area contributed by atoms with Crippen LogP contribution in [0, 0.1) is 13.8 Å². The first-order valence-corrected chi connectivity index (χ1v) is 10.1. The van der Waals surface area contributed by atoms with Crippen molar-refractivity contribution in [2.24, 2.45) is 0 Å². The van der Waals surface area contributed by atoms with Crippen LogP contribution in [0.1, 0.15) is 48.8 Å². The molecule has 3 rings (SSSR count). The van der Waals surface area contributed by atoms with Gasteiger partial charge in [-0.15, -0.1) is 0 Å². The lowest BCUT2D eigenvalue weighted by molar-refractivity contribution is -0.919. The number of quaternary nitrogens is 1. The van der Waals surface area contributed by atoms with Gasteiger partial charge >= 0.3 is 0 Å². The van der Waals surface area contributed by atoms with Crippen molar-refractivity contribution >= 4 is 11.6 Å². The van der Waals surface area contributed by atoms with Gasteiger partial charge < -0.3 is 9.80 Å². The number of anilines is 1. The minimum atomic E-state index is 0.126. The van der Waals surface area contributed by atoms with Crippen LogP contribution in [-0.4, -0.2) is 41.6 Å². The van der Waals surface area contributed by atoms with E-state index < -0.39 is 0 Å². The lowest BCUT2D eigenvalue weighted by Crippen LogP contribution is -2.54. The number of carbonyl (C=O) groups is 1. The van der Waals surface area contributed by atoms with Gasteiger partial charge in [-0.05, 0) is 62.8 Å². The maximum atomic E-state index is 13.0. The number of aryl methyl sites for hydroxylation is 2. The topological polar surface area (TPSA) is 42.0 Å². The first-order chi connectivity index (χ1) is 13.0. The molecule has 1 aromatic heterocycles. The molecule has 1 fully saturated rings. The molecule has 4 nitrogen and oxygen atoms in total. The molecule has 2 aromatic rings. The van der Waals surface area contributed by atoms with Crippen LogP contribution in [0.3, 0.4) is 0 Å². The largest absolute Gasteiger partial charge is 0.321 e. The number of benzene rings is 1. The minimum Gasteiger partial charge on any atom is -0.321 e. The molecule has 0 saturated carbocycles. The monoisotopic (exact) mass is 366 g/mol. The standard InChI is InChI=1S/C23H31N3O/c1-4-26(17-22(27)25-23-18(2)9-7-10-19(23)3)14-6-5-11-21(16-26)20-12-8-13-24-15-20/h7-10,12-13,15,21H,4-6,11,14,16-17H2,1-3H3/p+1. The van der Waals surface area contributed by atoms with Gasteiger partial charge in [-0.1, -0.05) is 24.3 Å². The van der Waals surface area contributed by atoms with Gasteiger partial charge in [0.1, 0.15) is 0 Å². The third-order valence-electron chi connectivity index (χ3n) is 6.09. The smallest absolute Gasteiger partial charge is 0.279 e. The second-order valence-corrected chi connectivity index (χ2v) is 8.02. The second-order valence-electron chi connectivity index (χ2n) is 8.02. The normalized spacial score (nSPS) is 22.9. The highest BCUT2D eigenvalue weighted by molar-refractivity contribution is 5.93. The maximum absolute atomic E-state index is 13.0. The first-order valence-electron chi connectivity index (χ1n) is 10.1. The predicted molar refractivity (Wildman–Crippen MR) is 111 cm³/mol. The molecule has 144 valence electrons. The third-order valence-corrected chi connectivity index (χ3v) is 6.09. The molecule has 0 spiro atoms. The van der Waals surface area contributed by atoms with E-state index in [0.717, 1.165) is 40.9 Å². The van der Waals surface area contributed by atoms with Crippen LogP contribution in [0.5, 0.6) is 0 Å². The Labute approximate surface area is 163 Å². The summed E-state index contributed by atoms with van der Waals surface area (Å²) in [6.45, 7) is 9.94. The molecule has 2 atom stereocenters. The summed E-state index contributed by atoms with van der Waals surface area (Å²) in [7, 11) is 0. The Morgan fingerprint density at radius 1 is 1.19 bits per heavy atom. The fourth-order valence-corrected chi connectivity index (χ4v) is 4.42. The Hall–Kier alpha value is -2.20. The number of amides is 1. The molecule has 0 bridgehead atoms. The summed E-state index contributed by atoms with van der Waals surface area (Å²) >= 11 is 0. The van der Waals surface area contributed by atoms with Gasteiger partial charge in [0.05, 0.1) is 19.6 Å². The number of nitrogens with one attached hydrogen (secondary N) is 1. The van der Waals surface area contributed by atoms with E-state index >= 15 is 0 Å². The van der Waals surface area contributed by atoms with Crippen molar-refractivity contribution in [2.75, 3.05) is 31.5 Å². The number of hydrogen-bond acceptors (Lipinski definition) is 2. The zero-order chi connectivity index (χ0) is 19.3. The predicted octanol–water partition coefficient (Wildman–Crippen LogP) is 4.44. The van der Waals surface area contributed by atoms with E-state index in [1.165, 1.54) is 24.8 Å². The van der Waals surface area contributed by atoms with Gasteiger partial charge in [-0.2, -0.15) is 0 Å². The molecule has 27 heavy (non-hydrogen) atoms. The Balaban J connectivity index is 1.76. The van der Waals surface area contributed by atoms with E-state index in [9.17, 15) is 4.79 Å². The van der Waals surface area contributed by atoms with Crippen molar-refractivity contribution in [1.82, 2.24) is 4.98 Å². The van der Waals surface area contributed by atoms with E-state index in [0.29, 0.717) is 12.5 Å². The van der Waals surface area contributed by atoms with Crippen LogP contribution < -0.4 is 5.32 Å². The summed E-state index contributed by atoms with van der Waals surface area (Å²) in [6.07, 6.45) is 7.42. The molecule has 1 saturated heterocycles. The molecule has 2 heterocycles. The van der Waals surface area contributed by atoms with Crippen molar-refractivity contribution in [3.05, 3.63) is 59.4 Å². The number of hydrogen-bond donors (Lipinski definition) is 1. The van der Waals surface area contributed by atoms with Crippen LogP contribution in [0.25, 0.3) is 0 Å². The Morgan fingerprint density at radius 3 is 2.63 bits per heavy atom. The molecule has 1 aliphatic rings. The highest BCUT2D eigenvalue weighted by Crippen LogP contribution is 2.30. The molecule has 0 radical (unpaired) electrons. The Kier molecular flexibility index (Phi) is 6.27. The second kappa shape index (κ2) is 8.66. The van der Waals surface area contributed by atoms with E-state index in [1.54, 1.807) is 0 Å². The molecule has 2 unspecified atom stereocenters. The summed E-state index contributed by atoms with van der Waals surface area (Å²) in [5, 5.41) is 3.19. The summed E-state index contributed by atoms with van der Waals surface area (Å²) in [6, 6.07) is 10.3. The number of nitrogens with zero attached hydrogens (tertiary/aromatic N) is 2. The van der Waals surface area contributed by atoms with Crippen LogP contribution in [0.15, 0.2) is 42.7 Å². The average Bonchev–Trinajstić information content (AvgIpc) is 2.89. The van der Waals surface area contributed by atoms with Gasteiger partial charge in [0.15, 0.2) is 6.54 Å². The molecule has 0 aliphatic carbocycles. The fraction of sp³-hybridized carbons (Fsp3) is 0.478. The van der Waals surface area contributed by atoms with Crippen molar-refractivity contribution in [3.63, 3.8) is 0 Å². The summed E-state index contributed by atoms with van der Waals surface area (Å²) in [5.41, 5.74) is 4.52. The van der Waals surface area contributed by atoms with Gasteiger partial charge in [0, 0.05) is 24.0 Å². The van der Waals surface area contributed by atoms with Crippen LogP contribution >= 0.6 is 0 Å². The zero-order valence-electron chi connectivity index (χ0n) is 16.9. The van der Waals surface area contributed by atoms with Crippen LogP contribution in [-0.2, 0) is 4.79 Å². The lowest BCUT2D eigenvalue weighted by Gasteiger charge is -2.38. The quantitative estimate of drug-likeness (QED) is 0.795. The number of rotatable bonds is 5. The third kappa shape index (κ3) is 4.75. The molecule has 1 N–H and O–H groups in total. The number of aromatic nitrogens is 1. The Bertz CT molecular complexity index is 754. The Morgan fingerprint density at radius 2 is 1.96 bits per heavy atom. The SMILES string of the molecule is CC[N+]1(CC(=O)Nc2c(C)cccc2C)CCCCC(c2cccnc2)C1. The number of carbonyl (C=O) groups excluding carboxylic acids is 1. The molecular weight excluding hydrogens is 334 g/mol. The van der Waals surface area contributed by atoms with Crippen LogP contribution in [0.4, 0.5) is 5.69 Å². The van der Waals surface area contributed by atoms with Gasteiger partial charge in [0.2, 0.25) is 0 Å². The van der Waals surface area contributed by atoms with Crippen molar-refractivity contribution in [1.29, 1.82) is 0 Å². The van der Waals surface area contributed by atoms with E-state index in [-0.39, 0.29) is 5.91 Å². The molecule has 1 amide bonds. The van der Waals surface area contributed by atoms with Crippen molar-refractivity contribution in [3.8, 4) is 0 Å². The fourth-order valence-electron chi connectivity index (χ4n) is 4.42. The van der Waals surface area contributed by atoms with Gasteiger partial charge in [0.25, 0.3) is 5.91 Å². The number of para-hydroxylation sites is 1. The first kappa shape index (κ1) is 19.6. The zero-order valence-corrected chi connectivity index (χ0v) is 16.9. The summed E-state index contributed by atoms with van der Waals surface area (Å²) in [5.74, 6) is 0.607. The highest BCUT2D eigenvalue weighted by atomic mass is 16.2. The van der Waals surface area contributed by atoms with E-state index in [4.69, 9.17) is 0 Å². The highest BCUT2D eigenvalue weighted by Gasteiger charge is 2.34. The number of pyridine rings is 1. The van der Waals surface area contributed by atoms with E-state index in [1.807, 2.05) is 24.5 Å². The molecule has 1 aromatic carbocycles. The maximum Gasteiger partial charge on any atom is 0.279 e. The van der Waals surface area contributed by atoms with Crippen LogP contribution in [0.2, 0.25) is 0 Å². The summed E-state index contributed by atoms with van der Waals surface area (Å²) < 4.78 is 0.857. The minimum absolute atomic E-state index is 0.126. The number of likely N-dealkylation sites (tertiary alicyclic amines) is 1. The molecule has 1 aliphatic heterocycles. The van der Waals surface area contributed by atoms with Crippen molar-refractivity contribution < 1.29 is 9.28 Å². The van der Waals surface area contributed by atoms with Crippen molar-refractivity contribution in [2.45, 2.75) is 46.0 Å². The van der Waals surface area contributed by atoms with Gasteiger partial charge in [-0.3, -0.25) is 9.78 Å². The molecule has 4 heteroatoms. The number of likely N-dealkylation sites (N-methyl/N-ethyl adjacent to an activating group) is 1. The van der Waals surface area contributed by atoms with E-state index in [2.05, 4.69) is 49.3 Å².